The summed E-state index contributed by atoms with van der Waals surface area (Å²) in [7, 11) is 0.284. The van der Waals surface area contributed by atoms with Gasteiger partial charge in [-0.25, -0.2) is 0 Å². The maximum Gasteiger partial charge on any atom is 0.192 e. The zero-order chi connectivity index (χ0) is 22.8. The second-order valence-electron chi connectivity index (χ2n) is 13.6. The first-order valence-corrected chi connectivity index (χ1v) is 16.1. The Morgan fingerprint density at radius 3 is 2.32 bits per heavy atom. The zero-order valence-corrected chi connectivity index (χ0v) is 23.0. The highest BCUT2D eigenvalue weighted by molar-refractivity contribution is 6.74. The normalized spacial score (nSPS) is 47.1. The SMILES string of the molecule is C/C=C1/CC[C@H]2[C@@H]3[C@H](OC)C[C@H]4CC(O[Si](C)(C)C(C)(C)C)CC[C@]4(C)[C@H]3CC[C@]12C. The summed E-state index contributed by atoms with van der Waals surface area (Å²) in [5.41, 5.74) is 2.65. The molecule has 0 N–H and O–H groups in total. The summed E-state index contributed by atoms with van der Waals surface area (Å²) in [4.78, 5) is 0. The number of allylic oxidation sites excluding steroid dienone is 2. The first-order chi connectivity index (χ1) is 14.4. The van der Waals surface area contributed by atoms with Crippen molar-refractivity contribution in [1.29, 1.82) is 0 Å². The molecular formula is C28H50O2Si. The fraction of sp³-hybridized carbons (Fsp3) is 0.929. The highest BCUT2D eigenvalue weighted by Gasteiger charge is 2.62. The summed E-state index contributed by atoms with van der Waals surface area (Å²) >= 11 is 0. The van der Waals surface area contributed by atoms with Crippen molar-refractivity contribution in [3.05, 3.63) is 11.6 Å². The van der Waals surface area contributed by atoms with Gasteiger partial charge in [0.05, 0.1) is 6.10 Å². The van der Waals surface area contributed by atoms with Crippen molar-refractivity contribution >= 4 is 8.32 Å². The van der Waals surface area contributed by atoms with Gasteiger partial charge in [-0.15, -0.1) is 0 Å². The van der Waals surface area contributed by atoms with E-state index < -0.39 is 8.32 Å². The lowest BCUT2D eigenvalue weighted by molar-refractivity contribution is -0.172. The predicted octanol–water partition coefficient (Wildman–Crippen LogP) is 7.99. The Morgan fingerprint density at radius 2 is 1.71 bits per heavy atom. The molecule has 0 heterocycles. The summed E-state index contributed by atoms with van der Waals surface area (Å²) in [6.07, 6.45) is 14.0. The minimum absolute atomic E-state index is 0.293. The summed E-state index contributed by atoms with van der Waals surface area (Å²) in [6.45, 7) is 19.5. The Balaban J connectivity index is 1.57. The summed E-state index contributed by atoms with van der Waals surface area (Å²) < 4.78 is 13.3. The third-order valence-electron chi connectivity index (χ3n) is 11.4. The summed E-state index contributed by atoms with van der Waals surface area (Å²) in [5, 5.41) is 0.293. The zero-order valence-electron chi connectivity index (χ0n) is 22.0. The summed E-state index contributed by atoms with van der Waals surface area (Å²) in [6, 6.07) is 0. The van der Waals surface area contributed by atoms with Crippen molar-refractivity contribution in [2.75, 3.05) is 7.11 Å². The lowest BCUT2D eigenvalue weighted by Gasteiger charge is -2.62. The van der Waals surface area contributed by atoms with E-state index in [9.17, 15) is 0 Å². The van der Waals surface area contributed by atoms with Crippen LogP contribution >= 0.6 is 0 Å². The molecule has 0 radical (unpaired) electrons. The number of methoxy groups -OCH3 is 1. The van der Waals surface area contributed by atoms with Gasteiger partial charge in [0.15, 0.2) is 8.32 Å². The van der Waals surface area contributed by atoms with Crippen LogP contribution in [0.15, 0.2) is 11.6 Å². The van der Waals surface area contributed by atoms with Crippen LogP contribution in [0.4, 0.5) is 0 Å². The molecule has 4 rings (SSSR count). The maximum absolute atomic E-state index is 6.95. The standard InChI is InChI=1S/C28H50O2Si/c1-10-19-11-12-22-25-23(14-16-27(19,22)5)28(6)15-13-21(17-20(28)18-24(25)29-7)30-31(8,9)26(2,3)4/h10,20-25H,11-18H2,1-9H3/b19-10-/t20-,21?,22+,23+,24-,25+,27-,28+/m1/s1. The smallest absolute Gasteiger partial charge is 0.192 e. The van der Waals surface area contributed by atoms with E-state index in [0.717, 1.165) is 23.7 Å². The Bertz CT molecular complexity index is 706. The Morgan fingerprint density at radius 1 is 1.00 bits per heavy atom. The third kappa shape index (κ3) is 3.73. The van der Waals surface area contributed by atoms with Gasteiger partial charge in [-0.3, -0.25) is 0 Å². The second-order valence-corrected chi connectivity index (χ2v) is 18.3. The predicted molar refractivity (Wildman–Crippen MR) is 134 cm³/mol. The molecule has 4 aliphatic rings. The second kappa shape index (κ2) is 7.98. The fourth-order valence-corrected chi connectivity index (χ4v) is 9.83. The van der Waals surface area contributed by atoms with Crippen LogP contribution < -0.4 is 0 Å². The topological polar surface area (TPSA) is 18.5 Å². The molecule has 4 saturated carbocycles. The van der Waals surface area contributed by atoms with Crippen LogP contribution in [-0.2, 0) is 9.16 Å². The molecule has 31 heavy (non-hydrogen) atoms. The van der Waals surface area contributed by atoms with E-state index in [1.54, 1.807) is 5.57 Å². The lowest BCUT2D eigenvalue weighted by Crippen LogP contribution is -2.59. The molecule has 178 valence electrons. The molecule has 3 heteroatoms. The fourth-order valence-electron chi connectivity index (χ4n) is 8.43. The molecule has 4 fully saturated rings. The van der Waals surface area contributed by atoms with Gasteiger partial charge in [0.2, 0.25) is 0 Å². The molecule has 0 amide bonds. The average molecular weight is 447 g/mol. The summed E-state index contributed by atoms with van der Waals surface area (Å²) in [5.74, 6) is 3.16. The molecular weight excluding hydrogens is 396 g/mol. The van der Waals surface area contributed by atoms with E-state index in [1.807, 2.05) is 7.11 Å². The van der Waals surface area contributed by atoms with Crippen molar-refractivity contribution in [2.45, 2.75) is 123 Å². The van der Waals surface area contributed by atoms with E-state index in [-0.39, 0.29) is 0 Å². The highest BCUT2D eigenvalue weighted by atomic mass is 28.4. The van der Waals surface area contributed by atoms with Gasteiger partial charge < -0.3 is 9.16 Å². The number of fused-ring (bicyclic) bond motifs is 5. The quantitative estimate of drug-likeness (QED) is 0.323. The molecule has 0 aromatic carbocycles. The molecule has 0 aliphatic heterocycles. The van der Waals surface area contributed by atoms with Crippen LogP contribution in [0.2, 0.25) is 18.1 Å². The van der Waals surface area contributed by atoms with E-state index in [0.29, 0.717) is 28.1 Å². The first-order valence-electron chi connectivity index (χ1n) is 13.2. The molecule has 1 unspecified atom stereocenters. The monoisotopic (exact) mass is 446 g/mol. The van der Waals surface area contributed by atoms with Gasteiger partial charge in [-0.05, 0) is 111 Å². The molecule has 0 bridgehead atoms. The van der Waals surface area contributed by atoms with Crippen molar-refractivity contribution in [3.8, 4) is 0 Å². The van der Waals surface area contributed by atoms with Gasteiger partial charge in [-0.2, -0.15) is 0 Å². The molecule has 8 atom stereocenters. The van der Waals surface area contributed by atoms with Gasteiger partial charge in [0.1, 0.15) is 0 Å². The molecule has 4 aliphatic carbocycles. The molecule has 0 aromatic heterocycles. The van der Waals surface area contributed by atoms with Crippen LogP contribution in [0.25, 0.3) is 0 Å². The lowest BCUT2D eigenvalue weighted by atomic mass is 9.44. The minimum Gasteiger partial charge on any atom is -0.414 e. The van der Waals surface area contributed by atoms with E-state index in [1.165, 1.54) is 51.4 Å². The van der Waals surface area contributed by atoms with Gasteiger partial charge in [-0.1, -0.05) is 46.3 Å². The van der Waals surface area contributed by atoms with Crippen molar-refractivity contribution in [3.63, 3.8) is 0 Å². The molecule has 0 spiro atoms. The Hall–Kier alpha value is -0.123. The van der Waals surface area contributed by atoms with E-state index >= 15 is 0 Å². The highest BCUT2D eigenvalue weighted by Crippen LogP contribution is 2.67. The molecule has 0 saturated heterocycles. The first kappa shape index (κ1) is 24.0. The van der Waals surface area contributed by atoms with Crippen LogP contribution in [-0.4, -0.2) is 27.6 Å². The molecule has 0 aromatic rings. The van der Waals surface area contributed by atoms with E-state index in [2.05, 4.69) is 60.7 Å². The van der Waals surface area contributed by atoms with Gasteiger partial charge >= 0.3 is 0 Å². The number of rotatable bonds is 3. The van der Waals surface area contributed by atoms with Crippen LogP contribution in [0.3, 0.4) is 0 Å². The number of hydrogen-bond donors (Lipinski definition) is 0. The van der Waals surface area contributed by atoms with E-state index in [4.69, 9.17) is 9.16 Å². The van der Waals surface area contributed by atoms with Crippen molar-refractivity contribution in [1.82, 2.24) is 0 Å². The number of ether oxygens (including phenoxy) is 1. The average Bonchev–Trinajstić information content (AvgIpc) is 3.03. The van der Waals surface area contributed by atoms with Crippen LogP contribution in [0.1, 0.15) is 92.9 Å². The molecule has 2 nitrogen and oxygen atoms in total. The third-order valence-corrected chi connectivity index (χ3v) is 15.9. The van der Waals surface area contributed by atoms with Gasteiger partial charge in [0, 0.05) is 13.2 Å². The number of hydrogen-bond acceptors (Lipinski definition) is 2. The maximum atomic E-state index is 6.95. The van der Waals surface area contributed by atoms with Crippen LogP contribution in [0.5, 0.6) is 0 Å². The van der Waals surface area contributed by atoms with Gasteiger partial charge in [0.25, 0.3) is 0 Å². The largest absolute Gasteiger partial charge is 0.414 e. The Kier molecular flexibility index (Phi) is 6.18. The van der Waals surface area contributed by atoms with Crippen molar-refractivity contribution < 1.29 is 9.16 Å². The van der Waals surface area contributed by atoms with Crippen LogP contribution in [0, 0.1) is 34.5 Å². The Labute approximate surface area is 194 Å². The van der Waals surface area contributed by atoms with Crippen molar-refractivity contribution in [2.24, 2.45) is 34.5 Å². The minimum atomic E-state index is -1.71.